The van der Waals surface area contributed by atoms with Crippen LogP contribution < -0.4 is 10.1 Å². The monoisotopic (exact) mass is 273 g/mol. The molecule has 0 saturated heterocycles. The summed E-state index contributed by atoms with van der Waals surface area (Å²) < 4.78 is 11.2. The lowest BCUT2D eigenvalue weighted by molar-refractivity contribution is 0.329. The average molecular weight is 273 g/mol. The molecule has 0 radical (unpaired) electrons. The third kappa shape index (κ3) is 3.87. The molecule has 0 bridgehead atoms. The molecule has 0 aliphatic rings. The number of benzene rings is 1. The maximum atomic E-state index is 5.74. The Morgan fingerprint density at radius 1 is 1.15 bits per heavy atom. The lowest BCUT2D eigenvalue weighted by Crippen LogP contribution is -2.22. The summed E-state index contributed by atoms with van der Waals surface area (Å²) in [5.41, 5.74) is 1.22. The number of rotatable bonds is 8. The predicted molar refractivity (Wildman–Crippen MR) is 81.1 cm³/mol. The van der Waals surface area contributed by atoms with E-state index in [-0.39, 0.29) is 6.04 Å². The molecule has 2 aromatic rings. The first-order valence-electron chi connectivity index (χ1n) is 7.32. The van der Waals surface area contributed by atoms with Crippen molar-refractivity contribution < 1.29 is 9.15 Å². The van der Waals surface area contributed by atoms with Crippen LogP contribution in [0.2, 0.25) is 0 Å². The molecule has 0 spiro atoms. The van der Waals surface area contributed by atoms with Gasteiger partial charge in [0.2, 0.25) is 0 Å². The first kappa shape index (κ1) is 14.7. The molecule has 0 saturated carbocycles. The van der Waals surface area contributed by atoms with Gasteiger partial charge < -0.3 is 14.5 Å². The van der Waals surface area contributed by atoms with Gasteiger partial charge in [-0.1, -0.05) is 25.1 Å². The van der Waals surface area contributed by atoms with E-state index in [1.165, 1.54) is 5.56 Å². The SMILES string of the molecule is CCNC(CCc1ccco1)c1ccccc1OCC. The standard InChI is InChI=1S/C17H23NO2/c1-3-18-16(12-11-14-8-7-13-20-14)15-9-5-6-10-17(15)19-4-2/h5-10,13,16,18H,3-4,11-12H2,1-2H3. The zero-order valence-corrected chi connectivity index (χ0v) is 12.3. The molecule has 0 aliphatic heterocycles. The summed E-state index contributed by atoms with van der Waals surface area (Å²) in [6, 6.07) is 12.5. The number of nitrogens with one attached hydrogen (secondary N) is 1. The van der Waals surface area contributed by atoms with Gasteiger partial charge in [0, 0.05) is 18.0 Å². The van der Waals surface area contributed by atoms with Gasteiger partial charge in [0.25, 0.3) is 0 Å². The molecule has 108 valence electrons. The number of ether oxygens (including phenoxy) is 1. The second kappa shape index (κ2) is 7.75. The summed E-state index contributed by atoms with van der Waals surface area (Å²) in [6.07, 6.45) is 3.64. The van der Waals surface area contributed by atoms with E-state index in [0.717, 1.165) is 30.9 Å². The number of furan rings is 1. The highest BCUT2D eigenvalue weighted by molar-refractivity contribution is 5.36. The Morgan fingerprint density at radius 2 is 2.00 bits per heavy atom. The van der Waals surface area contributed by atoms with E-state index in [2.05, 4.69) is 24.4 Å². The van der Waals surface area contributed by atoms with Gasteiger partial charge in [-0.15, -0.1) is 0 Å². The van der Waals surface area contributed by atoms with Crippen LogP contribution in [0.3, 0.4) is 0 Å². The average Bonchev–Trinajstić information content (AvgIpc) is 2.98. The summed E-state index contributed by atoms with van der Waals surface area (Å²) >= 11 is 0. The molecule has 1 unspecified atom stereocenters. The Balaban J connectivity index is 2.10. The van der Waals surface area contributed by atoms with E-state index in [0.29, 0.717) is 6.61 Å². The highest BCUT2D eigenvalue weighted by Crippen LogP contribution is 2.28. The van der Waals surface area contributed by atoms with Gasteiger partial charge >= 0.3 is 0 Å². The van der Waals surface area contributed by atoms with Crippen molar-refractivity contribution in [1.29, 1.82) is 0 Å². The summed E-state index contributed by atoms with van der Waals surface area (Å²) in [5.74, 6) is 2.00. The van der Waals surface area contributed by atoms with Gasteiger partial charge in [-0.2, -0.15) is 0 Å². The molecule has 20 heavy (non-hydrogen) atoms. The van der Waals surface area contributed by atoms with Crippen LogP contribution in [0.5, 0.6) is 5.75 Å². The van der Waals surface area contributed by atoms with Crippen molar-refractivity contribution in [1.82, 2.24) is 5.32 Å². The third-order valence-corrected chi connectivity index (χ3v) is 3.30. The lowest BCUT2D eigenvalue weighted by Gasteiger charge is -2.21. The fraction of sp³-hybridized carbons (Fsp3) is 0.412. The Kier molecular flexibility index (Phi) is 5.69. The molecular formula is C17H23NO2. The molecule has 0 fully saturated rings. The molecule has 1 atom stereocenters. The van der Waals surface area contributed by atoms with E-state index in [9.17, 15) is 0 Å². The normalized spacial score (nSPS) is 12.3. The number of hydrogen-bond donors (Lipinski definition) is 1. The zero-order valence-electron chi connectivity index (χ0n) is 12.3. The molecule has 0 amide bonds. The van der Waals surface area contributed by atoms with Gasteiger partial charge in [0.15, 0.2) is 0 Å². The lowest BCUT2D eigenvalue weighted by atomic mass is 10.00. The van der Waals surface area contributed by atoms with Gasteiger partial charge in [0.05, 0.1) is 12.9 Å². The van der Waals surface area contributed by atoms with Crippen LogP contribution in [0.25, 0.3) is 0 Å². The Morgan fingerprint density at radius 3 is 2.70 bits per heavy atom. The highest BCUT2D eigenvalue weighted by Gasteiger charge is 2.15. The van der Waals surface area contributed by atoms with E-state index < -0.39 is 0 Å². The molecular weight excluding hydrogens is 250 g/mol. The molecule has 1 aromatic heterocycles. The fourth-order valence-corrected chi connectivity index (χ4v) is 2.41. The first-order valence-corrected chi connectivity index (χ1v) is 7.32. The van der Waals surface area contributed by atoms with E-state index in [1.54, 1.807) is 6.26 Å². The second-order valence-electron chi connectivity index (χ2n) is 4.70. The van der Waals surface area contributed by atoms with Crippen molar-refractivity contribution in [2.75, 3.05) is 13.2 Å². The third-order valence-electron chi connectivity index (χ3n) is 3.30. The van der Waals surface area contributed by atoms with Crippen LogP contribution in [-0.2, 0) is 6.42 Å². The smallest absolute Gasteiger partial charge is 0.124 e. The van der Waals surface area contributed by atoms with Gasteiger partial charge in [-0.05, 0) is 38.1 Å². The van der Waals surface area contributed by atoms with Crippen LogP contribution >= 0.6 is 0 Å². The maximum absolute atomic E-state index is 5.74. The summed E-state index contributed by atoms with van der Waals surface area (Å²) in [5, 5.41) is 3.54. The van der Waals surface area contributed by atoms with Crippen LogP contribution in [0.15, 0.2) is 47.1 Å². The van der Waals surface area contributed by atoms with Crippen LogP contribution in [0.4, 0.5) is 0 Å². The van der Waals surface area contributed by atoms with E-state index >= 15 is 0 Å². The molecule has 1 heterocycles. The largest absolute Gasteiger partial charge is 0.494 e. The van der Waals surface area contributed by atoms with Crippen molar-refractivity contribution in [3.05, 3.63) is 54.0 Å². The molecule has 3 heteroatoms. The minimum atomic E-state index is 0.285. The van der Waals surface area contributed by atoms with Crippen LogP contribution in [-0.4, -0.2) is 13.2 Å². The quantitative estimate of drug-likeness (QED) is 0.790. The van der Waals surface area contributed by atoms with Crippen molar-refractivity contribution in [3.8, 4) is 5.75 Å². The minimum absolute atomic E-state index is 0.285. The fourth-order valence-electron chi connectivity index (χ4n) is 2.41. The summed E-state index contributed by atoms with van der Waals surface area (Å²) in [4.78, 5) is 0. The summed E-state index contributed by atoms with van der Waals surface area (Å²) in [7, 11) is 0. The number of hydrogen-bond acceptors (Lipinski definition) is 3. The van der Waals surface area contributed by atoms with Crippen LogP contribution in [0.1, 0.15) is 37.6 Å². The van der Waals surface area contributed by atoms with E-state index in [4.69, 9.17) is 9.15 Å². The van der Waals surface area contributed by atoms with Crippen molar-refractivity contribution in [3.63, 3.8) is 0 Å². The zero-order chi connectivity index (χ0) is 14.2. The highest BCUT2D eigenvalue weighted by atomic mass is 16.5. The summed E-state index contributed by atoms with van der Waals surface area (Å²) in [6.45, 7) is 5.77. The van der Waals surface area contributed by atoms with Crippen LogP contribution in [0, 0.1) is 0 Å². The molecule has 1 N–H and O–H groups in total. The Bertz CT molecular complexity index is 493. The Hall–Kier alpha value is -1.74. The molecule has 1 aromatic carbocycles. The maximum Gasteiger partial charge on any atom is 0.124 e. The predicted octanol–water partition coefficient (Wildman–Crippen LogP) is 3.96. The van der Waals surface area contributed by atoms with Crippen molar-refractivity contribution >= 4 is 0 Å². The second-order valence-corrected chi connectivity index (χ2v) is 4.70. The minimum Gasteiger partial charge on any atom is -0.494 e. The van der Waals surface area contributed by atoms with Gasteiger partial charge in [0.1, 0.15) is 11.5 Å². The van der Waals surface area contributed by atoms with Gasteiger partial charge in [-0.3, -0.25) is 0 Å². The van der Waals surface area contributed by atoms with Crippen molar-refractivity contribution in [2.45, 2.75) is 32.7 Å². The number of para-hydroxylation sites is 1. The first-order chi connectivity index (χ1) is 9.85. The van der Waals surface area contributed by atoms with E-state index in [1.807, 2.05) is 31.2 Å². The van der Waals surface area contributed by atoms with Crippen molar-refractivity contribution in [2.24, 2.45) is 0 Å². The molecule has 0 aliphatic carbocycles. The topological polar surface area (TPSA) is 34.4 Å². The molecule has 2 rings (SSSR count). The number of aryl methyl sites for hydroxylation is 1. The van der Waals surface area contributed by atoms with Gasteiger partial charge in [-0.25, -0.2) is 0 Å². The Labute approximate surface area is 121 Å². The molecule has 3 nitrogen and oxygen atoms in total.